The van der Waals surface area contributed by atoms with Crippen LogP contribution in [0, 0.1) is 12.7 Å². The van der Waals surface area contributed by atoms with Crippen molar-refractivity contribution in [3.05, 3.63) is 84.2 Å². The van der Waals surface area contributed by atoms with E-state index in [1.165, 1.54) is 12.1 Å². The number of rotatable bonds is 7. The van der Waals surface area contributed by atoms with Crippen molar-refractivity contribution in [3.63, 3.8) is 0 Å². The molecule has 1 heterocycles. The minimum Gasteiger partial charge on any atom is -0.494 e. The number of benzene rings is 3. The minimum absolute atomic E-state index is 0.0308. The number of nitrogens with one attached hydrogen (secondary N) is 1. The highest BCUT2D eigenvalue weighted by Gasteiger charge is 2.29. The Labute approximate surface area is 185 Å². The zero-order chi connectivity index (χ0) is 22.7. The molecular weight excluding hydrogens is 431 g/mol. The fraction of sp³-hybridized carbons (Fsp3) is 0.125. The number of hydrogen-bond donors (Lipinski definition) is 1. The fourth-order valence-corrected chi connectivity index (χ4v) is 4.41. The van der Waals surface area contributed by atoms with Crippen LogP contribution in [0.15, 0.2) is 87.1 Å². The molecule has 0 saturated carbocycles. The number of anilines is 2. The third kappa shape index (κ3) is 4.36. The molecule has 0 bridgehead atoms. The lowest BCUT2D eigenvalue weighted by Gasteiger charge is -2.08. The molecule has 0 saturated heterocycles. The number of aryl methyl sites for hydroxylation is 1. The highest BCUT2D eigenvalue weighted by Crippen LogP contribution is 2.35. The van der Waals surface area contributed by atoms with Gasteiger partial charge >= 0.3 is 0 Å². The summed E-state index contributed by atoms with van der Waals surface area (Å²) >= 11 is 0. The first-order chi connectivity index (χ1) is 15.4. The SMILES string of the molecule is CCOc1ccc(Nc2oc(-c3ccccc3C)nc2S(=O)(=O)c2ccc(F)cc2)cc1. The molecule has 4 aromatic rings. The molecule has 0 aliphatic heterocycles. The number of halogens is 1. The molecule has 32 heavy (non-hydrogen) atoms. The quantitative estimate of drug-likeness (QED) is 0.359. The summed E-state index contributed by atoms with van der Waals surface area (Å²) < 4.78 is 51.3. The second-order valence-corrected chi connectivity index (χ2v) is 8.87. The molecule has 0 aliphatic rings. The van der Waals surface area contributed by atoms with Crippen LogP contribution in [0.1, 0.15) is 12.5 Å². The normalized spacial score (nSPS) is 11.3. The average molecular weight is 453 g/mol. The van der Waals surface area contributed by atoms with Crippen LogP contribution in [0.25, 0.3) is 11.5 Å². The van der Waals surface area contributed by atoms with Crippen LogP contribution < -0.4 is 10.1 Å². The number of aromatic nitrogens is 1. The summed E-state index contributed by atoms with van der Waals surface area (Å²) in [5.41, 5.74) is 2.14. The summed E-state index contributed by atoms with van der Waals surface area (Å²) in [6, 6.07) is 19.0. The first-order valence-corrected chi connectivity index (χ1v) is 11.4. The molecule has 6 nitrogen and oxygen atoms in total. The molecule has 0 spiro atoms. The molecule has 0 atom stereocenters. The molecule has 1 aromatic heterocycles. The van der Waals surface area contributed by atoms with Crippen molar-refractivity contribution in [2.24, 2.45) is 0 Å². The zero-order valence-electron chi connectivity index (χ0n) is 17.5. The Morgan fingerprint density at radius 1 is 1.00 bits per heavy atom. The summed E-state index contributed by atoms with van der Waals surface area (Å²) in [6.07, 6.45) is 0. The highest BCUT2D eigenvalue weighted by atomic mass is 32.2. The van der Waals surface area contributed by atoms with Gasteiger partial charge in [0.1, 0.15) is 11.6 Å². The summed E-state index contributed by atoms with van der Waals surface area (Å²) in [7, 11) is -4.08. The van der Waals surface area contributed by atoms with Crippen LogP contribution in [0.3, 0.4) is 0 Å². The number of ether oxygens (including phenoxy) is 1. The Bertz CT molecular complexity index is 1330. The van der Waals surface area contributed by atoms with Crippen molar-refractivity contribution in [2.45, 2.75) is 23.8 Å². The first kappa shape index (κ1) is 21.6. The molecule has 0 fully saturated rings. The number of nitrogens with zero attached hydrogens (tertiary/aromatic N) is 1. The van der Waals surface area contributed by atoms with Crippen molar-refractivity contribution in [3.8, 4) is 17.2 Å². The van der Waals surface area contributed by atoms with Gasteiger partial charge in [0.2, 0.25) is 26.6 Å². The Balaban J connectivity index is 1.80. The Hall–Kier alpha value is -3.65. The van der Waals surface area contributed by atoms with Crippen LogP contribution >= 0.6 is 0 Å². The van der Waals surface area contributed by atoms with E-state index < -0.39 is 15.7 Å². The second kappa shape index (κ2) is 8.84. The zero-order valence-corrected chi connectivity index (χ0v) is 18.3. The van der Waals surface area contributed by atoms with Crippen LogP contribution in [-0.2, 0) is 9.84 Å². The number of oxazole rings is 1. The smallest absolute Gasteiger partial charge is 0.238 e. The maximum atomic E-state index is 13.3. The second-order valence-electron chi connectivity index (χ2n) is 7.01. The third-order valence-corrected chi connectivity index (χ3v) is 6.45. The van der Waals surface area contributed by atoms with E-state index in [4.69, 9.17) is 9.15 Å². The standard InChI is InChI=1S/C24H21FN2O4S/c1-3-30-19-12-10-18(11-13-19)26-23-24(32(28,29)20-14-8-17(25)9-15-20)27-22(31-23)21-7-5-4-6-16(21)2/h4-15,26H,3H2,1-2H3. The molecular formula is C24H21FN2O4S. The van der Waals surface area contributed by atoms with Gasteiger partial charge in [-0.05, 0) is 74.0 Å². The fourth-order valence-electron chi connectivity index (χ4n) is 3.15. The molecule has 4 rings (SSSR count). The predicted octanol–water partition coefficient (Wildman–Crippen LogP) is 5.76. The molecule has 0 aliphatic carbocycles. The maximum Gasteiger partial charge on any atom is 0.238 e. The van der Waals surface area contributed by atoms with Gasteiger partial charge in [-0.25, -0.2) is 12.8 Å². The van der Waals surface area contributed by atoms with Crippen molar-refractivity contribution < 1.29 is 22.0 Å². The average Bonchev–Trinajstić information content (AvgIpc) is 3.20. The molecule has 0 radical (unpaired) electrons. The van der Waals surface area contributed by atoms with Gasteiger partial charge in [0, 0.05) is 11.3 Å². The van der Waals surface area contributed by atoms with Gasteiger partial charge in [-0.3, -0.25) is 0 Å². The highest BCUT2D eigenvalue weighted by molar-refractivity contribution is 7.91. The predicted molar refractivity (Wildman–Crippen MR) is 119 cm³/mol. The van der Waals surface area contributed by atoms with Crippen molar-refractivity contribution >= 4 is 21.4 Å². The van der Waals surface area contributed by atoms with Gasteiger partial charge in [-0.2, -0.15) is 4.98 Å². The topological polar surface area (TPSA) is 81.4 Å². The van der Waals surface area contributed by atoms with E-state index in [1.54, 1.807) is 30.3 Å². The third-order valence-electron chi connectivity index (χ3n) is 4.77. The van der Waals surface area contributed by atoms with E-state index in [0.29, 0.717) is 23.6 Å². The molecule has 0 unspecified atom stereocenters. The maximum absolute atomic E-state index is 13.3. The van der Waals surface area contributed by atoms with Gasteiger partial charge in [-0.1, -0.05) is 18.2 Å². The molecule has 1 N–H and O–H groups in total. The first-order valence-electron chi connectivity index (χ1n) is 9.96. The number of hydrogen-bond acceptors (Lipinski definition) is 6. The lowest BCUT2D eigenvalue weighted by atomic mass is 10.1. The van der Waals surface area contributed by atoms with E-state index in [1.807, 2.05) is 32.0 Å². The molecule has 164 valence electrons. The van der Waals surface area contributed by atoms with Crippen molar-refractivity contribution in [1.29, 1.82) is 0 Å². The van der Waals surface area contributed by atoms with Crippen molar-refractivity contribution in [2.75, 3.05) is 11.9 Å². The van der Waals surface area contributed by atoms with E-state index >= 15 is 0 Å². The summed E-state index contributed by atoms with van der Waals surface area (Å²) in [5, 5.41) is 2.72. The van der Waals surface area contributed by atoms with Crippen molar-refractivity contribution in [1.82, 2.24) is 4.98 Å². The van der Waals surface area contributed by atoms with E-state index in [2.05, 4.69) is 10.3 Å². The van der Waals surface area contributed by atoms with E-state index in [9.17, 15) is 12.8 Å². The Kier molecular flexibility index (Phi) is 5.96. The minimum atomic E-state index is -4.08. The van der Waals surface area contributed by atoms with Gasteiger partial charge in [0.15, 0.2) is 0 Å². The van der Waals surface area contributed by atoms with E-state index in [0.717, 1.165) is 17.7 Å². The lowest BCUT2D eigenvalue weighted by molar-refractivity contribution is 0.340. The molecule has 8 heteroatoms. The van der Waals surface area contributed by atoms with Crippen LogP contribution in [0.4, 0.5) is 16.0 Å². The Morgan fingerprint density at radius 3 is 2.34 bits per heavy atom. The van der Waals surface area contributed by atoms with Gasteiger partial charge in [0.25, 0.3) is 0 Å². The Morgan fingerprint density at radius 2 is 1.69 bits per heavy atom. The van der Waals surface area contributed by atoms with Crippen LogP contribution in [-0.4, -0.2) is 20.0 Å². The molecule has 0 amide bonds. The summed E-state index contributed by atoms with van der Waals surface area (Å²) in [4.78, 5) is 4.23. The van der Waals surface area contributed by atoms with Gasteiger partial charge in [0.05, 0.1) is 11.5 Å². The van der Waals surface area contributed by atoms with Gasteiger partial charge < -0.3 is 14.5 Å². The summed E-state index contributed by atoms with van der Waals surface area (Å²) in [5.74, 6) is 0.293. The van der Waals surface area contributed by atoms with Gasteiger partial charge in [-0.15, -0.1) is 0 Å². The lowest BCUT2D eigenvalue weighted by Crippen LogP contribution is -2.05. The van der Waals surface area contributed by atoms with Crippen LogP contribution in [0.5, 0.6) is 5.75 Å². The van der Waals surface area contributed by atoms with E-state index in [-0.39, 0.29) is 21.7 Å². The monoisotopic (exact) mass is 452 g/mol. The van der Waals surface area contributed by atoms with Crippen LogP contribution in [0.2, 0.25) is 0 Å². The molecule has 3 aromatic carbocycles. The largest absolute Gasteiger partial charge is 0.494 e. The summed E-state index contributed by atoms with van der Waals surface area (Å²) in [6.45, 7) is 4.31. The number of sulfone groups is 1.